The number of aliphatic carboxylic acids is 1. The van der Waals surface area contributed by atoms with Crippen LogP contribution in [0.2, 0.25) is 0 Å². The van der Waals surface area contributed by atoms with Crippen molar-refractivity contribution in [1.29, 1.82) is 0 Å². The van der Waals surface area contributed by atoms with Gasteiger partial charge < -0.3 is 21.0 Å². The van der Waals surface area contributed by atoms with Crippen molar-refractivity contribution in [2.45, 2.75) is 38.1 Å². The molecule has 0 aromatic heterocycles. The van der Waals surface area contributed by atoms with Crippen LogP contribution in [0.25, 0.3) is 0 Å². The van der Waals surface area contributed by atoms with Gasteiger partial charge in [0, 0.05) is 13.0 Å². The van der Waals surface area contributed by atoms with Gasteiger partial charge in [-0.05, 0) is 18.8 Å². The molecular formula is C12H20N2O4. The van der Waals surface area contributed by atoms with Crippen LogP contribution in [-0.2, 0) is 14.4 Å². The highest BCUT2D eigenvalue weighted by atomic mass is 16.4. The van der Waals surface area contributed by atoms with E-state index in [9.17, 15) is 14.4 Å². The van der Waals surface area contributed by atoms with E-state index in [0.717, 1.165) is 19.3 Å². The van der Waals surface area contributed by atoms with E-state index in [1.54, 1.807) is 0 Å². The number of carboxylic acids is 1. The van der Waals surface area contributed by atoms with Crippen LogP contribution in [-0.4, -0.2) is 35.9 Å². The lowest BCUT2D eigenvalue weighted by atomic mass is 9.79. The van der Waals surface area contributed by atoms with Crippen LogP contribution in [0, 0.1) is 11.8 Å². The Hall–Kier alpha value is -1.43. The molecule has 1 saturated carbocycles. The minimum atomic E-state index is -0.839. The summed E-state index contributed by atoms with van der Waals surface area (Å²) in [6, 6.07) is -0.839. The summed E-state index contributed by atoms with van der Waals surface area (Å²) in [7, 11) is 0. The zero-order valence-corrected chi connectivity index (χ0v) is 10.3. The van der Waals surface area contributed by atoms with Crippen molar-refractivity contribution in [3.05, 3.63) is 0 Å². The highest BCUT2D eigenvalue weighted by molar-refractivity contribution is 5.83. The zero-order chi connectivity index (χ0) is 13.5. The molecule has 0 aromatic rings. The summed E-state index contributed by atoms with van der Waals surface area (Å²) in [6.45, 7) is 0.322. The molecule has 0 aliphatic heterocycles. The maximum atomic E-state index is 11.5. The third-order valence-electron chi connectivity index (χ3n) is 3.45. The van der Waals surface area contributed by atoms with Crippen molar-refractivity contribution in [3.8, 4) is 0 Å². The topological polar surface area (TPSA) is 109 Å². The number of nitrogens with two attached hydrogens (primary N) is 1. The molecule has 0 spiro atoms. The molecule has 1 amide bonds. The Balaban J connectivity index is 2.43. The van der Waals surface area contributed by atoms with Crippen LogP contribution >= 0.6 is 0 Å². The fraction of sp³-hybridized carbons (Fsp3) is 0.750. The predicted molar refractivity (Wildman–Crippen MR) is 64.7 cm³/mol. The van der Waals surface area contributed by atoms with Crippen LogP contribution in [0.5, 0.6) is 0 Å². The van der Waals surface area contributed by atoms with E-state index in [2.05, 4.69) is 5.32 Å². The number of aldehydes is 1. The largest absolute Gasteiger partial charge is 0.481 e. The summed E-state index contributed by atoms with van der Waals surface area (Å²) in [5.74, 6) is -1.62. The summed E-state index contributed by atoms with van der Waals surface area (Å²) >= 11 is 0. The smallest absolute Gasteiger partial charge is 0.306 e. The van der Waals surface area contributed by atoms with Crippen LogP contribution in [0.1, 0.15) is 32.1 Å². The first kappa shape index (κ1) is 14.6. The lowest BCUT2D eigenvalue weighted by Gasteiger charge is -2.28. The molecule has 3 atom stereocenters. The molecule has 0 radical (unpaired) electrons. The van der Waals surface area contributed by atoms with Gasteiger partial charge in [0.05, 0.1) is 12.0 Å². The van der Waals surface area contributed by atoms with Gasteiger partial charge in [0.25, 0.3) is 0 Å². The summed E-state index contributed by atoms with van der Waals surface area (Å²) in [6.07, 6.45) is 3.97. The minimum Gasteiger partial charge on any atom is -0.481 e. The summed E-state index contributed by atoms with van der Waals surface area (Å²) in [5.41, 5.74) is 5.48. The lowest BCUT2D eigenvalue weighted by molar-refractivity contribution is -0.145. The Morgan fingerprint density at radius 3 is 2.67 bits per heavy atom. The first-order valence-corrected chi connectivity index (χ1v) is 6.26. The highest BCUT2D eigenvalue weighted by Crippen LogP contribution is 2.29. The van der Waals surface area contributed by atoms with E-state index in [1.165, 1.54) is 0 Å². The minimum absolute atomic E-state index is 0.0150. The van der Waals surface area contributed by atoms with E-state index < -0.39 is 17.9 Å². The van der Waals surface area contributed by atoms with Crippen molar-refractivity contribution in [1.82, 2.24) is 5.32 Å². The molecule has 6 heteroatoms. The van der Waals surface area contributed by atoms with Crippen molar-refractivity contribution in [2.24, 2.45) is 17.6 Å². The van der Waals surface area contributed by atoms with E-state index in [4.69, 9.17) is 10.8 Å². The van der Waals surface area contributed by atoms with Gasteiger partial charge in [0.15, 0.2) is 0 Å². The third kappa shape index (κ3) is 4.10. The molecule has 0 bridgehead atoms. The van der Waals surface area contributed by atoms with Gasteiger partial charge in [0.1, 0.15) is 6.29 Å². The third-order valence-corrected chi connectivity index (χ3v) is 3.45. The Morgan fingerprint density at radius 2 is 2.06 bits per heavy atom. The summed E-state index contributed by atoms with van der Waals surface area (Å²) in [5, 5.41) is 11.7. The van der Waals surface area contributed by atoms with Crippen LogP contribution < -0.4 is 11.1 Å². The van der Waals surface area contributed by atoms with E-state index in [1.807, 2.05) is 0 Å². The average molecular weight is 256 g/mol. The van der Waals surface area contributed by atoms with Crippen LogP contribution in [0.4, 0.5) is 0 Å². The average Bonchev–Trinajstić information content (AvgIpc) is 2.36. The number of carboxylic acid groups (broad SMARTS) is 1. The van der Waals surface area contributed by atoms with Gasteiger partial charge in [0.2, 0.25) is 5.91 Å². The molecule has 0 heterocycles. The summed E-state index contributed by atoms with van der Waals surface area (Å²) in [4.78, 5) is 32.8. The SMILES string of the molecule is NC(CC=O)C(=O)NCC1CCCCC1C(=O)O. The fourth-order valence-corrected chi connectivity index (χ4v) is 2.35. The number of amides is 1. The number of carbonyl (C=O) groups excluding carboxylic acids is 2. The first-order valence-electron chi connectivity index (χ1n) is 6.26. The molecular weight excluding hydrogens is 236 g/mol. The van der Waals surface area contributed by atoms with Crippen molar-refractivity contribution < 1.29 is 19.5 Å². The van der Waals surface area contributed by atoms with Gasteiger partial charge in [-0.1, -0.05) is 12.8 Å². The second-order valence-electron chi connectivity index (χ2n) is 4.74. The second kappa shape index (κ2) is 7.10. The Kier molecular flexibility index (Phi) is 5.77. The molecule has 3 unspecified atom stereocenters. The van der Waals surface area contributed by atoms with Crippen LogP contribution in [0.15, 0.2) is 0 Å². The summed E-state index contributed by atoms with van der Waals surface area (Å²) < 4.78 is 0. The molecule has 6 nitrogen and oxygen atoms in total. The second-order valence-corrected chi connectivity index (χ2v) is 4.74. The molecule has 4 N–H and O–H groups in total. The molecule has 102 valence electrons. The van der Waals surface area contributed by atoms with Crippen molar-refractivity contribution >= 4 is 18.2 Å². The number of nitrogens with one attached hydrogen (secondary N) is 1. The van der Waals surface area contributed by atoms with Gasteiger partial charge in [-0.3, -0.25) is 9.59 Å². The molecule has 1 rings (SSSR count). The van der Waals surface area contributed by atoms with Gasteiger partial charge >= 0.3 is 5.97 Å². The monoisotopic (exact) mass is 256 g/mol. The lowest BCUT2D eigenvalue weighted by Crippen LogP contribution is -2.44. The van der Waals surface area contributed by atoms with Crippen LogP contribution in [0.3, 0.4) is 0 Å². The molecule has 0 saturated heterocycles. The molecule has 1 fully saturated rings. The van der Waals surface area contributed by atoms with Gasteiger partial charge in [-0.15, -0.1) is 0 Å². The number of hydrogen-bond acceptors (Lipinski definition) is 4. The Labute approximate surface area is 106 Å². The molecule has 18 heavy (non-hydrogen) atoms. The number of hydrogen-bond donors (Lipinski definition) is 3. The van der Waals surface area contributed by atoms with Crippen molar-refractivity contribution in [3.63, 3.8) is 0 Å². The quantitative estimate of drug-likeness (QED) is 0.575. The zero-order valence-electron chi connectivity index (χ0n) is 10.3. The molecule has 1 aliphatic carbocycles. The first-order chi connectivity index (χ1) is 8.56. The maximum Gasteiger partial charge on any atom is 0.306 e. The maximum absolute atomic E-state index is 11.5. The Bertz CT molecular complexity index is 319. The van der Waals surface area contributed by atoms with Gasteiger partial charge in [-0.2, -0.15) is 0 Å². The molecule has 0 aromatic carbocycles. The number of carbonyl (C=O) groups is 3. The van der Waals surface area contributed by atoms with E-state index in [-0.39, 0.29) is 18.3 Å². The number of rotatable bonds is 6. The standard InChI is InChI=1S/C12H20N2O4/c13-10(5-6-15)11(16)14-7-8-3-1-2-4-9(8)12(17)18/h6,8-10H,1-5,7,13H2,(H,14,16)(H,17,18). The normalized spacial score (nSPS) is 25.2. The van der Waals surface area contributed by atoms with E-state index in [0.29, 0.717) is 19.3 Å². The van der Waals surface area contributed by atoms with Gasteiger partial charge in [-0.25, -0.2) is 0 Å². The van der Waals surface area contributed by atoms with E-state index >= 15 is 0 Å². The fourth-order valence-electron chi connectivity index (χ4n) is 2.35. The van der Waals surface area contributed by atoms with Crippen molar-refractivity contribution in [2.75, 3.05) is 6.54 Å². The predicted octanol–water partition coefficient (Wildman–Crippen LogP) is -0.0901. The molecule has 1 aliphatic rings. The Morgan fingerprint density at radius 1 is 1.39 bits per heavy atom. The highest BCUT2D eigenvalue weighted by Gasteiger charge is 2.31.